The summed E-state index contributed by atoms with van der Waals surface area (Å²) in [7, 11) is 0. The molecule has 2 atom stereocenters. The third-order valence-corrected chi connectivity index (χ3v) is 4.03. The summed E-state index contributed by atoms with van der Waals surface area (Å²) in [6.45, 7) is 12.9. The Hall–Kier alpha value is -1.39. The molecule has 0 saturated carbocycles. The van der Waals surface area contributed by atoms with E-state index in [2.05, 4.69) is 31.7 Å². The Morgan fingerprint density at radius 3 is 2.52 bits per heavy atom. The first-order valence-corrected chi connectivity index (χ1v) is 8.55. The standard InChI is InChI=1S/C19H29NO3/c1-6-7-22-19-14(3)8-13(2)9-17(19)18(21)12-20-10-15(4)23-16(5)11-20/h8-9,15-16H,6-7,10-12H2,1-5H3. The molecule has 4 heteroatoms. The zero-order valence-electron chi connectivity index (χ0n) is 15.0. The van der Waals surface area contributed by atoms with Gasteiger partial charge in [0.25, 0.3) is 0 Å². The van der Waals surface area contributed by atoms with Crippen LogP contribution in [0, 0.1) is 13.8 Å². The van der Waals surface area contributed by atoms with Gasteiger partial charge in [-0.2, -0.15) is 0 Å². The number of hydrogen-bond acceptors (Lipinski definition) is 4. The van der Waals surface area contributed by atoms with Crippen LogP contribution in [0.15, 0.2) is 12.1 Å². The lowest BCUT2D eigenvalue weighted by Crippen LogP contribution is -2.47. The van der Waals surface area contributed by atoms with E-state index in [1.807, 2.05) is 19.9 Å². The third-order valence-electron chi connectivity index (χ3n) is 4.03. The van der Waals surface area contributed by atoms with Crippen molar-refractivity contribution in [3.63, 3.8) is 0 Å². The molecular weight excluding hydrogens is 290 g/mol. The highest BCUT2D eigenvalue weighted by Crippen LogP contribution is 2.26. The molecule has 2 rings (SSSR count). The van der Waals surface area contributed by atoms with Gasteiger partial charge in [0, 0.05) is 13.1 Å². The van der Waals surface area contributed by atoms with Gasteiger partial charge >= 0.3 is 0 Å². The molecule has 23 heavy (non-hydrogen) atoms. The van der Waals surface area contributed by atoms with Gasteiger partial charge in [0.05, 0.1) is 30.9 Å². The summed E-state index contributed by atoms with van der Waals surface area (Å²) in [5, 5.41) is 0. The van der Waals surface area contributed by atoms with Crippen molar-refractivity contribution in [2.24, 2.45) is 0 Å². The number of benzene rings is 1. The summed E-state index contributed by atoms with van der Waals surface area (Å²) in [6.07, 6.45) is 1.27. The van der Waals surface area contributed by atoms with E-state index in [1.54, 1.807) is 0 Å². The van der Waals surface area contributed by atoms with Gasteiger partial charge in [0.1, 0.15) is 5.75 Å². The fourth-order valence-electron chi connectivity index (χ4n) is 3.26. The molecule has 1 aliphatic rings. The maximum atomic E-state index is 12.9. The van der Waals surface area contributed by atoms with Crippen molar-refractivity contribution in [2.45, 2.75) is 53.2 Å². The number of rotatable bonds is 6. The van der Waals surface area contributed by atoms with Crippen molar-refractivity contribution in [2.75, 3.05) is 26.2 Å². The van der Waals surface area contributed by atoms with Crippen molar-refractivity contribution < 1.29 is 14.3 Å². The molecule has 4 nitrogen and oxygen atoms in total. The van der Waals surface area contributed by atoms with Gasteiger partial charge < -0.3 is 9.47 Å². The summed E-state index contributed by atoms with van der Waals surface area (Å²) < 4.78 is 11.6. The number of hydrogen-bond donors (Lipinski definition) is 0. The van der Waals surface area contributed by atoms with Gasteiger partial charge in [-0.05, 0) is 51.3 Å². The highest BCUT2D eigenvalue weighted by molar-refractivity contribution is 6.00. The van der Waals surface area contributed by atoms with Gasteiger partial charge in [-0.1, -0.05) is 13.0 Å². The van der Waals surface area contributed by atoms with Gasteiger partial charge in [-0.15, -0.1) is 0 Å². The molecule has 0 aliphatic carbocycles. The lowest BCUT2D eigenvalue weighted by atomic mass is 10.0. The molecule has 0 spiro atoms. The van der Waals surface area contributed by atoms with Crippen LogP contribution >= 0.6 is 0 Å². The Balaban J connectivity index is 2.17. The average Bonchev–Trinajstić information content (AvgIpc) is 2.44. The van der Waals surface area contributed by atoms with E-state index in [0.29, 0.717) is 18.7 Å². The monoisotopic (exact) mass is 319 g/mol. The van der Waals surface area contributed by atoms with Crippen LogP contribution in [-0.2, 0) is 4.74 Å². The van der Waals surface area contributed by atoms with E-state index in [-0.39, 0.29) is 18.0 Å². The van der Waals surface area contributed by atoms with E-state index in [1.165, 1.54) is 0 Å². The number of carbonyl (C=O) groups excluding carboxylic acids is 1. The number of aryl methyl sites for hydroxylation is 2. The van der Waals surface area contributed by atoms with Gasteiger partial charge in [0.15, 0.2) is 5.78 Å². The second-order valence-electron chi connectivity index (χ2n) is 6.68. The minimum atomic E-state index is 0.129. The molecule has 1 aromatic carbocycles. The van der Waals surface area contributed by atoms with Gasteiger partial charge in [-0.3, -0.25) is 9.69 Å². The van der Waals surface area contributed by atoms with E-state index >= 15 is 0 Å². The fraction of sp³-hybridized carbons (Fsp3) is 0.632. The number of morpholine rings is 1. The second kappa shape index (κ2) is 7.93. The summed E-state index contributed by atoms with van der Waals surface area (Å²) in [4.78, 5) is 15.0. The molecule has 1 aromatic rings. The quantitative estimate of drug-likeness (QED) is 0.754. The first-order chi connectivity index (χ1) is 10.9. The zero-order chi connectivity index (χ0) is 17.0. The van der Waals surface area contributed by atoms with E-state index in [9.17, 15) is 4.79 Å². The Bertz CT molecular complexity index is 546. The summed E-state index contributed by atoms with van der Waals surface area (Å²) >= 11 is 0. The maximum absolute atomic E-state index is 12.9. The van der Waals surface area contributed by atoms with Crippen LogP contribution in [0.4, 0.5) is 0 Å². The number of Topliss-reactive ketones (excluding diaryl/α,β-unsaturated/α-hetero) is 1. The Labute approximate surface area is 139 Å². The molecule has 0 radical (unpaired) electrons. The summed E-state index contributed by atoms with van der Waals surface area (Å²) in [5.74, 6) is 0.876. The molecular formula is C19H29NO3. The Morgan fingerprint density at radius 2 is 1.91 bits per heavy atom. The highest BCUT2D eigenvalue weighted by Gasteiger charge is 2.25. The number of carbonyl (C=O) groups is 1. The molecule has 0 N–H and O–H groups in total. The SMILES string of the molecule is CCCOc1c(C)cc(C)cc1C(=O)CN1CC(C)OC(C)C1. The molecule has 0 amide bonds. The van der Waals surface area contributed by atoms with E-state index in [4.69, 9.17) is 9.47 Å². The second-order valence-corrected chi connectivity index (χ2v) is 6.68. The van der Waals surface area contributed by atoms with E-state index in [0.717, 1.165) is 36.4 Å². The average molecular weight is 319 g/mol. The first kappa shape index (κ1) is 18.0. The van der Waals surface area contributed by atoms with Gasteiger partial charge in [0.2, 0.25) is 0 Å². The van der Waals surface area contributed by atoms with Crippen LogP contribution in [-0.4, -0.2) is 49.1 Å². The van der Waals surface area contributed by atoms with Crippen molar-refractivity contribution in [3.05, 3.63) is 28.8 Å². The van der Waals surface area contributed by atoms with Crippen LogP contribution in [0.1, 0.15) is 48.7 Å². The minimum Gasteiger partial charge on any atom is -0.493 e. The predicted molar refractivity (Wildman–Crippen MR) is 92.5 cm³/mol. The van der Waals surface area contributed by atoms with Crippen molar-refractivity contribution in [1.82, 2.24) is 4.90 Å². The minimum absolute atomic E-state index is 0.129. The van der Waals surface area contributed by atoms with Crippen LogP contribution in [0.2, 0.25) is 0 Å². The smallest absolute Gasteiger partial charge is 0.180 e. The molecule has 1 aliphatic heterocycles. The molecule has 128 valence electrons. The normalized spacial score (nSPS) is 22.1. The third kappa shape index (κ3) is 4.79. The first-order valence-electron chi connectivity index (χ1n) is 8.55. The number of ether oxygens (including phenoxy) is 2. The highest BCUT2D eigenvalue weighted by atomic mass is 16.5. The summed E-state index contributed by atoms with van der Waals surface area (Å²) in [6, 6.07) is 4.02. The lowest BCUT2D eigenvalue weighted by Gasteiger charge is -2.34. The Morgan fingerprint density at radius 1 is 1.26 bits per heavy atom. The van der Waals surface area contributed by atoms with Crippen LogP contribution in [0.25, 0.3) is 0 Å². The largest absolute Gasteiger partial charge is 0.493 e. The fourth-order valence-corrected chi connectivity index (χ4v) is 3.26. The molecule has 1 heterocycles. The van der Waals surface area contributed by atoms with Crippen LogP contribution in [0.3, 0.4) is 0 Å². The number of nitrogens with zero attached hydrogens (tertiary/aromatic N) is 1. The molecule has 0 aromatic heterocycles. The van der Waals surface area contributed by atoms with Crippen molar-refractivity contribution in [1.29, 1.82) is 0 Å². The number of ketones is 1. The lowest BCUT2D eigenvalue weighted by molar-refractivity contribution is -0.0652. The summed E-state index contributed by atoms with van der Waals surface area (Å²) in [5.41, 5.74) is 2.84. The molecule has 2 unspecified atom stereocenters. The maximum Gasteiger partial charge on any atom is 0.180 e. The molecule has 1 saturated heterocycles. The zero-order valence-corrected chi connectivity index (χ0v) is 15.0. The van der Waals surface area contributed by atoms with Crippen LogP contribution < -0.4 is 4.74 Å². The Kier molecular flexibility index (Phi) is 6.19. The molecule has 1 fully saturated rings. The van der Waals surface area contributed by atoms with Crippen LogP contribution in [0.5, 0.6) is 5.75 Å². The van der Waals surface area contributed by atoms with Crippen molar-refractivity contribution >= 4 is 5.78 Å². The van der Waals surface area contributed by atoms with E-state index < -0.39 is 0 Å². The molecule has 0 bridgehead atoms. The van der Waals surface area contributed by atoms with Crippen molar-refractivity contribution in [3.8, 4) is 5.75 Å². The van der Waals surface area contributed by atoms with Gasteiger partial charge in [-0.25, -0.2) is 0 Å². The predicted octanol–water partition coefficient (Wildman–Crippen LogP) is 3.38. The topological polar surface area (TPSA) is 38.8 Å².